The number of hydrogen-bond donors (Lipinski definition) is 0. The number of carboxylic acid groups (broad SMARTS) is 1. The summed E-state index contributed by atoms with van der Waals surface area (Å²) < 4.78 is 17.1. The highest BCUT2D eigenvalue weighted by Crippen LogP contribution is 2.11. The van der Waals surface area contributed by atoms with Crippen LogP contribution in [0.1, 0.15) is 123 Å². The number of carboxylic acids is 1. The maximum absolute atomic E-state index is 12.7. The minimum Gasteiger partial charge on any atom is -0.544 e. The summed E-state index contributed by atoms with van der Waals surface area (Å²) in [5.41, 5.74) is 0. The van der Waals surface area contributed by atoms with Crippen LogP contribution in [0.15, 0.2) is 134 Å². The van der Waals surface area contributed by atoms with Gasteiger partial charge in [-0.1, -0.05) is 160 Å². The fourth-order valence-electron chi connectivity index (χ4n) is 5.54. The van der Waals surface area contributed by atoms with Crippen molar-refractivity contribution in [3.8, 4) is 0 Å². The average molecular weight is 830 g/mol. The van der Waals surface area contributed by atoms with Crippen molar-refractivity contribution < 1.29 is 38.2 Å². The van der Waals surface area contributed by atoms with Crippen LogP contribution in [0.25, 0.3) is 0 Å². The average Bonchev–Trinajstić information content (AvgIpc) is 3.21. The number of quaternary nitrogens is 1. The molecule has 0 aromatic carbocycles. The van der Waals surface area contributed by atoms with E-state index >= 15 is 0 Å². The summed E-state index contributed by atoms with van der Waals surface area (Å²) in [7, 11) is 5.36. The van der Waals surface area contributed by atoms with Gasteiger partial charge in [0.2, 0.25) is 0 Å². The molecule has 0 bridgehead atoms. The van der Waals surface area contributed by atoms with E-state index in [1.54, 1.807) is 21.1 Å². The molecule has 0 radical (unpaired) electrons. The topological polar surface area (TPSA) is 102 Å². The van der Waals surface area contributed by atoms with Crippen molar-refractivity contribution in [1.29, 1.82) is 0 Å². The van der Waals surface area contributed by atoms with Crippen molar-refractivity contribution in [3.05, 3.63) is 134 Å². The van der Waals surface area contributed by atoms with Crippen LogP contribution in [-0.4, -0.2) is 75.5 Å². The normalized spacial score (nSPS) is 14.2. The van der Waals surface area contributed by atoms with E-state index in [0.717, 1.165) is 77.0 Å². The number of aliphatic carboxylic acids is 1. The van der Waals surface area contributed by atoms with Gasteiger partial charge in [0.25, 0.3) is 0 Å². The Morgan fingerprint density at radius 2 is 0.967 bits per heavy atom. The number of unbranched alkanes of at least 4 members (excludes halogenated alkanes) is 6. The molecule has 334 valence electrons. The van der Waals surface area contributed by atoms with E-state index in [0.29, 0.717) is 12.8 Å². The minimum absolute atomic E-state index is 0.00155. The molecule has 0 rings (SSSR count). The molecule has 0 aliphatic heterocycles. The first-order valence-corrected chi connectivity index (χ1v) is 22.3. The summed E-state index contributed by atoms with van der Waals surface area (Å²) in [4.78, 5) is 36.9. The summed E-state index contributed by atoms with van der Waals surface area (Å²) >= 11 is 0. The van der Waals surface area contributed by atoms with Crippen LogP contribution >= 0.6 is 0 Å². The lowest BCUT2D eigenvalue weighted by Gasteiger charge is -2.34. The van der Waals surface area contributed by atoms with E-state index in [2.05, 4.69) is 86.8 Å². The number of nitrogens with zero attached hydrogens (tertiary/aromatic N) is 1. The number of rotatable bonds is 37. The second-order valence-corrected chi connectivity index (χ2v) is 15.3. The molecule has 0 aromatic rings. The molecular formula is C52H79NO7. The lowest BCUT2D eigenvalue weighted by atomic mass is 10.1. The summed E-state index contributed by atoms with van der Waals surface area (Å²) in [5.74, 6) is -1.86. The number of carbonyl (C=O) groups excluding carboxylic acids is 3. The molecule has 0 saturated heterocycles. The Morgan fingerprint density at radius 3 is 1.47 bits per heavy atom. The number of hydrogen-bond acceptors (Lipinski definition) is 7. The molecular weight excluding hydrogens is 751 g/mol. The molecule has 2 unspecified atom stereocenters. The largest absolute Gasteiger partial charge is 0.544 e. The van der Waals surface area contributed by atoms with Gasteiger partial charge in [0.15, 0.2) is 6.10 Å². The quantitative estimate of drug-likeness (QED) is 0.0202. The molecule has 0 heterocycles. The van der Waals surface area contributed by atoms with E-state index in [9.17, 15) is 19.5 Å². The summed E-state index contributed by atoms with van der Waals surface area (Å²) in [5, 5.41) is 11.6. The number of carbonyl (C=O) groups is 3. The van der Waals surface area contributed by atoms with Gasteiger partial charge in [0.05, 0.1) is 40.3 Å². The van der Waals surface area contributed by atoms with Crippen LogP contribution in [0, 0.1) is 0 Å². The van der Waals surface area contributed by atoms with Crippen molar-refractivity contribution in [1.82, 2.24) is 0 Å². The molecule has 2 atom stereocenters. The SMILES string of the molecule is CC/C=C/C=C/C=C/C=C/C=C/C=C/CCCCCC(=O)OCC(COCCC(C(=O)[O-])[N+](C)(C)C)OC(=O)CCCCC/C=C/C/C=C/C/C=C/C/C=C/C/C=C/CC. The summed E-state index contributed by atoms with van der Waals surface area (Å²) in [6.07, 6.45) is 59.0. The van der Waals surface area contributed by atoms with E-state index < -0.39 is 18.1 Å². The van der Waals surface area contributed by atoms with Gasteiger partial charge in [0, 0.05) is 19.3 Å². The number of likely N-dealkylation sites (N-methyl/N-ethyl adjacent to an activating group) is 1. The van der Waals surface area contributed by atoms with Gasteiger partial charge in [-0.25, -0.2) is 0 Å². The van der Waals surface area contributed by atoms with Crippen LogP contribution in [-0.2, 0) is 28.6 Å². The predicted molar refractivity (Wildman–Crippen MR) is 249 cm³/mol. The van der Waals surface area contributed by atoms with Gasteiger partial charge < -0.3 is 28.6 Å². The fourth-order valence-corrected chi connectivity index (χ4v) is 5.54. The molecule has 8 nitrogen and oxygen atoms in total. The molecule has 0 aliphatic carbocycles. The third-order valence-electron chi connectivity index (χ3n) is 8.94. The lowest BCUT2D eigenvalue weighted by Crippen LogP contribution is -2.55. The highest BCUT2D eigenvalue weighted by molar-refractivity contribution is 5.70. The highest BCUT2D eigenvalue weighted by Gasteiger charge is 2.25. The van der Waals surface area contributed by atoms with E-state index in [4.69, 9.17) is 14.2 Å². The molecule has 0 aliphatic rings. The maximum Gasteiger partial charge on any atom is 0.306 e. The maximum atomic E-state index is 12.7. The Hall–Kier alpha value is -4.53. The van der Waals surface area contributed by atoms with Crippen molar-refractivity contribution in [2.75, 3.05) is 41.0 Å². The lowest BCUT2D eigenvalue weighted by molar-refractivity contribution is -0.889. The minimum atomic E-state index is -1.14. The Kier molecular flexibility index (Phi) is 38.1. The zero-order valence-electron chi connectivity index (χ0n) is 37.8. The summed E-state index contributed by atoms with van der Waals surface area (Å²) in [6, 6.07) is -0.749. The monoisotopic (exact) mass is 830 g/mol. The molecule has 0 spiro atoms. The van der Waals surface area contributed by atoms with Gasteiger partial charge in [0.1, 0.15) is 12.6 Å². The standard InChI is InChI=1S/C52H79NO7/c1-6-8-10-12-14-16-18-20-22-24-25-27-29-31-33-35-37-39-41-43-51(55)60-48(46-58-45-44-49(52(56)57)53(3,4)5)47-59-50(54)42-40-38-36-34-32-30-28-26-23-21-19-17-15-13-11-9-7-2/h8-11,13-17,19-23,25-28,30-33,48-49H,6-7,12,18,24,29,34-47H2,1-5H3/b10-8+,11-9+,15-13+,16-14+,19-17+,22-20+,23-21+,27-25+,28-26+,32-30+,33-31+. The fraction of sp³-hybridized carbons (Fsp3) is 0.519. The molecule has 0 fully saturated rings. The smallest absolute Gasteiger partial charge is 0.306 e. The molecule has 0 aromatic heterocycles. The van der Waals surface area contributed by atoms with Gasteiger partial charge in [-0.15, -0.1) is 0 Å². The second kappa shape index (κ2) is 41.2. The van der Waals surface area contributed by atoms with Crippen molar-refractivity contribution in [2.24, 2.45) is 0 Å². The number of ether oxygens (including phenoxy) is 3. The van der Waals surface area contributed by atoms with E-state index in [-0.39, 0.29) is 55.5 Å². The Labute approximate surface area is 364 Å². The van der Waals surface area contributed by atoms with Crippen molar-refractivity contribution in [2.45, 2.75) is 135 Å². The van der Waals surface area contributed by atoms with Crippen LogP contribution in [0.2, 0.25) is 0 Å². The second-order valence-electron chi connectivity index (χ2n) is 15.3. The van der Waals surface area contributed by atoms with Crippen LogP contribution in [0.3, 0.4) is 0 Å². The van der Waals surface area contributed by atoms with Crippen LogP contribution < -0.4 is 5.11 Å². The zero-order valence-corrected chi connectivity index (χ0v) is 37.8. The van der Waals surface area contributed by atoms with E-state index in [1.165, 1.54) is 0 Å². The molecule has 8 heteroatoms. The molecule has 60 heavy (non-hydrogen) atoms. The van der Waals surface area contributed by atoms with Gasteiger partial charge in [-0.2, -0.15) is 0 Å². The van der Waals surface area contributed by atoms with E-state index in [1.807, 2.05) is 60.8 Å². The Bertz CT molecular complexity index is 1430. The third kappa shape index (κ3) is 39.0. The van der Waals surface area contributed by atoms with Crippen LogP contribution in [0.4, 0.5) is 0 Å². The van der Waals surface area contributed by atoms with Crippen LogP contribution in [0.5, 0.6) is 0 Å². The van der Waals surface area contributed by atoms with Gasteiger partial charge in [-0.3, -0.25) is 9.59 Å². The van der Waals surface area contributed by atoms with Gasteiger partial charge in [-0.05, 0) is 77.0 Å². The number of allylic oxidation sites excluding steroid dienone is 22. The third-order valence-corrected chi connectivity index (χ3v) is 8.94. The highest BCUT2D eigenvalue weighted by atomic mass is 16.6. The summed E-state index contributed by atoms with van der Waals surface area (Å²) in [6.45, 7) is 4.28. The first-order valence-electron chi connectivity index (χ1n) is 22.3. The van der Waals surface area contributed by atoms with Crippen molar-refractivity contribution >= 4 is 17.9 Å². The number of esters is 2. The first kappa shape index (κ1) is 55.5. The Balaban J connectivity index is 4.54. The first-order chi connectivity index (χ1) is 29.1. The predicted octanol–water partition coefficient (Wildman–Crippen LogP) is 11.1. The van der Waals surface area contributed by atoms with Gasteiger partial charge >= 0.3 is 11.9 Å². The Morgan fingerprint density at radius 1 is 0.517 bits per heavy atom. The van der Waals surface area contributed by atoms with Crippen molar-refractivity contribution in [3.63, 3.8) is 0 Å². The molecule has 0 saturated carbocycles. The molecule has 0 amide bonds. The zero-order chi connectivity index (χ0) is 44.2. The molecule has 0 N–H and O–H groups in total.